The Morgan fingerprint density at radius 3 is 2.42 bits per heavy atom. The van der Waals surface area contributed by atoms with Gasteiger partial charge in [-0.2, -0.15) is 0 Å². The summed E-state index contributed by atoms with van der Waals surface area (Å²) in [6.07, 6.45) is 5.48. The summed E-state index contributed by atoms with van der Waals surface area (Å²) in [5.74, 6) is 1.73. The summed E-state index contributed by atoms with van der Waals surface area (Å²) in [5, 5.41) is 3.82. The standard InChI is InChI=1S/C17H26BrN/c1-12(2)15-5-4-6-17(11-15)19-13(3)14-7-9-16(18)10-8-14/h7-10,12-13,15,17,19H,4-6,11H2,1-3H3. The number of nitrogens with one attached hydrogen (secondary N) is 1. The Morgan fingerprint density at radius 1 is 1.11 bits per heavy atom. The smallest absolute Gasteiger partial charge is 0.0294 e. The van der Waals surface area contributed by atoms with Crippen LogP contribution >= 0.6 is 15.9 Å². The first-order valence-corrected chi connectivity index (χ1v) is 8.37. The fourth-order valence-electron chi connectivity index (χ4n) is 3.19. The first-order valence-electron chi connectivity index (χ1n) is 7.57. The van der Waals surface area contributed by atoms with Gasteiger partial charge in [0.25, 0.3) is 0 Å². The van der Waals surface area contributed by atoms with Crippen LogP contribution in [0.15, 0.2) is 28.7 Å². The Balaban J connectivity index is 1.91. The normalized spacial score (nSPS) is 25.5. The SMILES string of the molecule is CC(NC1CCCC(C(C)C)C1)c1ccc(Br)cc1. The van der Waals surface area contributed by atoms with Gasteiger partial charge in [-0.1, -0.05) is 54.8 Å². The molecule has 2 rings (SSSR count). The summed E-state index contributed by atoms with van der Waals surface area (Å²) in [7, 11) is 0. The van der Waals surface area contributed by atoms with Crippen LogP contribution in [0.5, 0.6) is 0 Å². The van der Waals surface area contributed by atoms with Crippen LogP contribution in [0.4, 0.5) is 0 Å². The molecule has 3 atom stereocenters. The van der Waals surface area contributed by atoms with Crippen molar-refractivity contribution in [1.29, 1.82) is 0 Å². The molecule has 1 aromatic carbocycles. The predicted octanol–water partition coefficient (Wildman–Crippen LogP) is 5.31. The van der Waals surface area contributed by atoms with Crippen molar-refractivity contribution in [1.82, 2.24) is 5.32 Å². The zero-order valence-corrected chi connectivity index (χ0v) is 13.9. The van der Waals surface area contributed by atoms with Crippen LogP contribution in [0.3, 0.4) is 0 Å². The Labute approximate surface area is 126 Å². The van der Waals surface area contributed by atoms with E-state index in [2.05, 4.69) is 66.3 Å². The van der Waals surface area contributed by atoms with E-state index in [0.29, 0.717) is 12.1 Å². The lowest BCUT2D eigenvalue weighted by Gasteiger charge is -2.34. The molecule has 19 heavy (non-hydrogen) atoms. The van der Waals surface area contributed by atoms with Crippen molar-refractivity contribution in [2.45, 2.75) is 58.5 Å². The van der Waals surface area contributed by atoms with E-state index in [4.69, 9.17) is 0 Å². The largest absolute Gasteiger partial charge is 0.307 e. The fourth-order valence-corrected chi connectivity index (χ4v) is 3.45. The summed E-state index contributed by atoms with van der Waals surface area (Å²) in [6, 6.07) is 9.83. The highest BCUT2D eigenvalue weighted by Gasteiger charge is 2.25. The van der Waals surface area contributed by atoms with Crippen molar-refractivity contribution in [3.63, 3.8) is 0 Å². The van der Waals surface area contributed by atoms with E-state index in [1.54, 1.807) is 0 Å². The van der Waals surface area contributed by atoms with Gasteiger partial charge in [0.15, 0.2) is 0 Å². The van der Waals surface area contributed by atoms with Crippen molar-refractivity contribution >= 4 is 15.9 Å². The second kappa shape index (κ2) is 6.90. The summed E-state index contributed by atoms with van der Waals surface area (Å²) in [4.78, 5) is 0. The van der Waals surface area contributed by atoms with E-state index in [-0.39, 0.29) is 0 Å². The van der Waals surface area contributed by atoms with Crippen LogP contribution in [0, 0.1) is 11.8 Å². The molecule has 0 aromatic heterocycles. The van der Waals surface area contributed by atoms with Crippen LogP contribution in [0.25, 0.3) is 0 Å². The van der Waals surface area contributed by atoms with Crippen LogP contribution in [0.2, 0.25) is 0 Å². The van der Waals surface area contributed by atoms with Gasteiger partial charge in [0.05, 0.1) is 0 Å². The van der Waals surface area contributed by atoms with Gasteiger partial charge in [-0.3, -0.25) is 0 Å². The second-order valence-corrected chi connectivity index (χ2v) is 7.22. The Hall–Kier alpha value is -0.340. The van der Waals surface area contributed by atoms with E-state index >= 15 is 0 Å². The highest BCUT2D eigenvalue weighted by molar-refractivity contribution is 9.10. The third kappa shape index (κ3) is 4.32. The molecule has 1 saturated carbocycles. The van der Waals surface area contributed by atoms with E-state index in [1.165, 1.54) is 31.2 Å². The van der Waals surface area contributed by atoms with Gasteiger partial charge in [0, 0.05) is 16.6 Å². The molecule has 0 amide bonds. The maximum atomic E-state index is 3.82. The summed E-state index contributed by atoms with van der Waals surface area (Å²) in [6.45, 7) is 7.01. The minimum Gasteiger partial charge on any atom is -0.307 e. The van der Waals surface area contributed by atoms with Gasteiger partial charge in [0.1, 0.15) is 0 Å². The van der Waals surface area contributed by atoms with Crippen LogP contribution in [0.1, 0.15) is 58.1 Å². The maximum absolute atomic E-state index is 3.82. The molecule has 1 nitrogen and oxygen atoms in total. The lowest BCUT2D eigenvalue weighted by atomic mass is 9.79. The molecule has 0 saturated heterocycles. The van der Waals surface area contributed by atoms with Gasteiger partial charge < -0.3 is 5.32 Å². The average Bonchev–Trinajstić information content (AvgIpc) is 2.39. The topological polar surface area (TPSA) is 12.0 Å². The zero-order valence-electron chi connectivity index (χ0n) is 12.3. The first kappa shape index (κ1) is 15.1. The summed E-state index contributed by atoms with van der Waals surface area (Å²) in [5.41, 5.74) is 1.38. The molecule has 1 aromatic rings. The minimum absolute atomic E-state index is 0.448. The molecule has 3 unspecified atom stereocenters. The minimum atomic E-state index is 0.448. The van der Waals surface area contributed by atoms with Gasteiger partial charge in [-0.15, -0.1) is 0 Å². The van der Waals surface area contributed by atoms with Gasteiger partial charge >= 0.3 is 0 Å². The number of halogens is 1. The molecular formula is C17H26BrN. The van der Waals surface area contributed by atoms with Crippen molar-refractivity contribution in [3.8, 4) is 0 Å². The molecule has 2 heteroatoms. The third-order valence-corrected chi connectivity index (χ3v) is 5.04. The molecule has 106 valence electrons. The zero-order chi connectivity index (χ0) is 13.8. The van der Waals surface area contributed by atoms with E-state index in [0.717, 1.165) is 16.3 Å². The molecule has 1 aliphatic rings. The molecule has 0 bridgehead atoms. The predicted molar refractivity (Wildman–Crippen MR) is 86.3 cm³/mol. The highest BCUT2D eigenvalue weighted by atomic mass is 79.9. The van der Waals surface area contributed by atoms with Crippen molar-refractivity contribution in [3.05, 3.63) is 34.3 Å². The summed E-state index contributed by atoms with van der Waals surface area (Å²) < 4.78 is 1.15. The van der Waals surface area contributed by atoms with Crippen molar-refractivity contribution in [2.75, 3.05) is 0 Å². The molecule has 1 aliphatic carbocycles. The number of hydrogen-bond acceptors (Lipinski definition) is 1. The second-order valence-electron chi connectivity index (χ2n) is 6.31. The van der Waals surface area contributed by atoms with Gasteiger partial charge in [0.2, 0.25) is 0 Å². The van der Waals surface area contributed by atoms with Gasteiger partial charge in [-0.25, -0.2) is 0 Å². The van der Waals surface area contributed by atoms with E-state index in [9.17, 15) is 0 Å². The molecule has 0 radical (unpaired) electrons. The quantitative estimate of drug-likeness (QED) is 0.791. The number of rotatable bonds is 4. The van der Waals surface area contributed by atoms with Crippen molar-refractivity contribution in [2.24, 2.45) is 11.8 Å². The lowest BCUT2D eigenvalue weighted by molar-refractivity contribution is 0.223. The lowest BCUT2D eigenvalue weighted by Crippen LogP contribution is -2.37. The molecule has 0 heterocycles. The van der Waals surface area contributed by atoms with Crippen LogP contribution in [-0.4, -0.2) is 6.04 Å². The summed E-state index contributed by atoms with van der Waals surface area (Å²) >= 11 is 3.50. The molecule has 0 spiro atoms. The highest BCUT2D eigenvalue weighted by Crippen LogP contribution is 2.31. The Kier molecular flexibility index (Phi) is 5.47. The van der Waals surface area contributed by atoms with Crippen LogP contribution in [-0.2, 0) is 0 Å². The van der Waals surface area contributed by atoms with Crippen molar-refractivity contribution < 1.29 is 0 Å². The van der Waals surface area contributed by atoms with E-state index < -0.39 is 0 Å². The monoisotopic (exact) mass is 323 g/mol. The molecule has 1 N–H and O–H groups in total. The van der Waals surface area contributed by atoms with Gasteiger partial charge in [-0.05, 0) is 49.3 Å². The third-order valence-electron chi connectivity index (χ3n) is 4.51. The Bertz CT molecular complexity index is 385. The Morgan fingerprint density at radius 2 is 1.79 bits per heavy atom. The number of benzene rings is 1. The van der Waals surface area contributed by atoms with Crippen LogP contribution < -0.4 is 5.32 Å². The molecule has 1 fully saturated rings. The average molecular weight is 324 g/mol. The molecule has 0 aliphatic heterocycles. The number of hydrogen-bond donors (Lipinski definition) is 1. The fraction of sp³-hybridized carbons (Fsp3) is 0.647. The first-order chi connectivity index (χ1) is 9.06. The van der Waals surface area contributed by atoms with E-state index in [1.807, 2.05) is 0 Å². The maximum Gasteiger partial charge on any atom is 0.0294 e. The molecular weight excluding hydrogens is 298 g/mol.